The molecule has 0 aromatic carbocycles. The van der Waals surface area contributed by atoms with Crippen molar-refractivity contribution in [1.82, 2.24) is 0 Å². The summed E-state index contributed by atoms with van der Waals surface area (Å²) in [5, 5.41) is 0. The lowest BCUT2D eigenvalue weighted by Crippen LogP contribution is -2.59. The van der Waals surface area contributed by atoms with Crippen molar-refractivity contribution in [1.29, 1.82) is 0 Å². The molecule has 0 amide bonds. The Balaban J connectivity index is 5.23. The molecular weight excluding hydrogens is 597 g/mol. The predicted octanol–water partition coefficient (Wildman–Crippen LogP) is 5.32. The second kappa shape index (κ2) is 14.8. The maximum Gasteiger partial charge on any atom is 0.499 e. The molecule has 37 heavy (non-hydrogen) atoms. The molecule has 0 heterocycles. The third-order valence-electron chi connectivity index (χ3n) is 5.96. The van der Waals surface area contributed by atoms with Gasteiger partial charge in [-0.15, -0.1) is 0 Å². The van der Waals surface area contributed by atoms with Crippen molar-refractivity contribution >= 4 is 59.9 Å². The Hall–Kier alpha value is 1.12. The normalized spacial score (nSPS) is 14.9. The van der Waals surface area contributed by atoms with E-state index >= 15 is 0 Å². The van der Waals surface area contributed by atoms with Gasteiger partial charge < -0.3 is 43.0 Å². The van der Waals surface area contributed by atoms with Gasteiger partial charge in [-0.05, 0) is 77.6 Å². The van der Waals surface area contributed by atoms with Crippen LogP contribution in [0.1, 0.15) is 0 Å². The van der Waals surface area contributed by atoms with E-state index in [9.17, 15) is 0 Å². The maximum atomic E-state index is 6.73. The molecule has 0 saturated carbocycles. The summed E-state index contributed by atoms with van der Waals surface area (Å²) in [5.74, 6) is 0. The minimum absolute atomic E-state index is 0.713. The van der Waals surface area contributed by atoms with Gasteiger partial charge in [0.25, 0.3) is 0 Å². The molecule has 0 unspecified atom stereocenters. The molecule has 0 aliphatic carbocycles. The lowest BCUT2D eigenvalue weighted by Gasteiger charge is -2.42. The van der Waals surface area contributed by atoms with Gasteiger partial charge in [0, 0.05) is 54.7 Å². The number of rotatable bonds is 20. The predicted molar refractivity (Wildman–Crippen MR) is 165 cm³/mol. The molecule has 0 radical (unpaired) electrons. The largest absolute Gasteiger partial charge is 0.499 e. The molecule has 224 valence electrons. The second-order valence-corrected chi connectivity index (χ2v) is 37.6. The highest BCUT2D eigenvalue weighted by Gasteiger charge is 2.48. The Bertz CT molecular complexity index is 601. The molecule has 0 spiro atoms. The van der Waals surface area contributed by atoms with Crippen LogP contribution in [-0.2, 0) is 43.0 Å². The molecule has 0 aliphatic rings. The topological polar surface area (TPSA) is 92.3 Å². The molecule has 0 fully saturated rings. The third kappa shape index (κ3) is 14.0. The first kappa shape index (κ1) is 38.1. The van der Waals surface area contributed by atoms with Crippen LogP contribution in [0.3, 0.4) is 0 Å². The van der Waals surface area contributed by atoms with E-state index in [4.69, 9.17) is 43.0 Å². The van der Waals surface area contributed by atoms with E-state index in [1.54, 1.807) is 42.7 Å². The van der Waals surface area contributed by atoms with Crippen LogP contribution in [-0.4, -0.2) is 103 Å². The van der Waals surface area contributed by atoms with E-state index in [0.717, 1.165) is 12.1 Å². The Morgan fingerprint density at radius 1 is 0.324 bits per heavy atom. The molecule has 0 bridgehead atoms. The fourth-order valence-corrected chi connectivity index (χ4v) is 36.7. The van der Waals surface area contributed by atoms with Crippen molar-refractivity contribution in [2.75, 3.05) is 42.7 Å². The van der Waals surface area contributed by atoms with Gasteiger partial charge in [0.1, 0.15) is 0 Å². The minimum Gasteiger partial charge on any atom is -0.436 e. The van der Waals surface area contributed by atoms with Crippen LogP contribution in [0.25, 0.3) is 0 Å². The molecule has 17 heteroatoms. The zero-order chi connectivity index (χ0) is 29.4. The average molecular weight is 653 g/mol. The maximum absolute atomic E-state index is 6.73. The SMILES string of the molecule is CO[Si](CC[Si](C)(C)O[Si](C)(C)O[Si](C)(C)O[Si](C)(C)O[Si](C)(C)CC[Si](OC)(OC)OC)(OC)OC. The van der Waals surface area contributed by atoms with Gasteiger partial charge in [-0.2, -0.15) is 0 Å². The van der Waals surface area contributed by atoms with E-state index < -0.39 is 59.9 Å². The minimum atomic E-state index is -2.65. The van der Waals surface area contributed by atoms with Gasteiger partial charge in [-0.1, -0.05) is 0 Å². The van der Waals surface area contributed by atoms with Crippen LogP contribution in [0, 0.1) is 0 Å². The average Bonchev–Trinajstić information content (AvgIpc) is 2.73. The summed E-state index contributed by atoms with van der Waals surface area (Å²) in [4.78, 5) is 0. The van der Waals surface area contributed by atoms with Crippen LogP contribution in [0.4, 0.5) is 0 Å². The molecule has 0 aliphatic heterocycles. The standard InChI is InChI=1S/C20H56O10Si7/c1-21-36(22-2,23-3)19-17-31(7,8)27-33(11,12)29-35(15,16)30-34(13,14)28-32(9,10)18-20-37(24-4,25-5)26-6/h17-20H2,1-16H3. The summed E-state index contributed by atoms with van der Waals surface area (Å²) in [6.45, 7) is 21.4. The van der Waals surface area contributed by atoms with E-state index in [2.05, 4.69) is 65.5 Å². The van der Waals surface area contributed by atoms with Gasteiger partial charge in [-0.3, -0.25) is 0 Å². The van der Waals surface area contributed by atoms with Crippen molar-refractivity contribution in [3.05, 3.63) is 0 Å². The fraction of sp³-hybridized carbons (Fsp3) is 1.00. The summed E-state index contributed by atoms with van der Waals surface area (Å²) < 4.78 is 60.4. The van der Waals surface area contributed by atoms with Crippen LogP contribution >= 0.6 is 0 Å². The molecule has 0 atom stereocenters. The van der Waals surface area contributed by atoms with Gasteiger partial charge in [0.05, 0.1) is 0 Å². The highest BCUT2D eigenvalue weighted by molar-refractivity contribution is 6.91. The van der Waals surface area contributed by atoms with Crippen molar-refractivity contribution in [3.63, 3.8) is 0 Å². The van der Waals surface area contributed by atoms with Crippen molar-refractivity contribution < 1.29 is 43.0 Å². The summed E-state index contributed by atoms with van der Waals surface area (Å²) >= 11 is 0. The summed E-state index contributed by atoms with van der Waals surface area (Å²) in [5.41, 5.74) is 0. The molecule has 0 N–H and O–H groups in total. The monoisotopic (exact) mass is 652 g/mol. The second-order valence-electron chi connectivity index (χ2n) is 11.7. The van der Waals surface area contributed by atoms with Gasteiger partial charge in [-0.25, -0.2) is 0 Å². The van der Waals surface area contributed by atoms with Crippen molar-refractivity contribution in [3.8, 4) is 0 Å². The first-order chi connectivity index (χ1) is 16.6. The summed E-state index contributed by atoms with van der Waals surface area (Å²) in [6, 6.07) is 3.14. The molecule has 10 nitrogen and oxygen atoms in total. The Kier molecular flexibility index (Phi) is 15.3. The summed E-state index contributed by atoms with van der Waals surface area (Å²) in [6.07, 6.45) is 0. The smallest absolute Gasteiger partial charge is 0.436 e. The van der Waals surface area contributed by atoms with E-state index in [-0.39, 0.29) is 0 Å². The first-order valence-corrected chi connectivity index (χ1v) is 31.3. The lowest BCUT2D eigenvalue weighted by molar-refractivity contribution is 0.124. The van der Waals surface area contributed by atoms with E-state index in [1.165, 1.54) is 0 Å². The molecule has 0 aromatic heterocycles. The fourth-order valence-electron chi connectivity index (χ4n) is 4.70. The zero-order valence-electron chi connectivity index (χ0n) is 26.4. The van der Waals surface area contributed by atoms with E-state index in [1.807, 2.05) is 0 Å². The van der Waals surface area contributed by atoms with Gasteiger partial charge >= 0.3 is 43.3 Å². The highest BCUT2D eigenvalue weighted by atomic mass is 28.5. The third-order valence-corrected chi connectivity index (χ3v) is 31.5. The van der Waals surface area contributed by atoms with Gasteiger partial charge in [0.15, 0.2) is 16.6 Å². The Labute approximate surface area is 234 Å². The van der Waals surface area contributed by atoms with Crippen LogP contribution in [0.2, 0.25) is 89.6 Å². The van der Waals surface area contributed by atoms with Crippen LogP contribution in [0.5, 0.6) is 0 Å². The molecule has 0 aromatic rings. The van der Waals surface area contributed by atoms with Crippen LogP contribution in [0.15, 0.2) is 0 Å². The highest BCUT2D eigenvalue weighted by Crippen LogP contribution is 2.31. The van der Waals surface area contributed by atoms with Gasteiger partial charge in [0.2, 0.25) is 0 Å². The molecule has 0 saturated heterocycles. The molecular formula is C20H56O10Si7. The first-order valence-electron chi connectivity index (χ1n) is 12.7. The number of hydrogen-bond donors (Lipinski definition) is 0. The zero-order valence-corrected chi connectivity index (χ0v) is 33.4. The number of hydrogen-bond acceptors (Lipinski definition) is 10. The van der Waals surface area contributed by atoms with Crippen molar-refractivity contribution in [2.45, 2.75) is 89.6 Å². The molecule has 0 rings (SSSR count). The Morgan fingerprint density at radius 3 is 0.757 bits per heavy atom. The van der Waals surface area contributed by atoms with E-state index in [0.29, 0.717) is 12.1 Å². The summed E-state index contributed by atoms with van der Waals surface area (Å²) in [7, 11) is -7.11. The van der Waals surface area contributed by atoms with Crippen molar-refractivity contribution in [2.24, 2.45) is 0 Å². The quantitative estimate of drug-likeness (QED) is 0.161. The van der Waals surface area contributed by atoms with Crippen LogP contribution < -0.4 is 0 Å². The lowest BCUT2D eigenvalue weighted by atomic mass is 10.9. The Morgan fingerprint density at radius 2 is 0.541 bits per heavy atom.